The summed E-state index contributed by atoms with van der Waals surface area (Å²) in [6.07, 6.45) is 1.39. The summed E-state index contributed by atoms with van der Waals surface area (Å²) < 4.78 is 5.57. The number of amides is 1. The van der Waals surface area contributed by atoms with Gasteiger partial charge in [0, 0.05) is 17.7 Å². The third-order valence-corrected chi connectivity index (χ3v) is 3.96. The van der Waals surface area contributed by atoms with Crippen LogP contribution in [0.3, 0.4) is 0 Å². The summed E-state index contributed by atoms with van der Waals surface area (Å²) in [5.41, 5.74) is 3.14. The fourth-order valence-electron chi connectivity index (χ4n) is 1.94. The minimum absolute atomic E-state index is 0.0170. The number of benzene rings is 1. The lowest BCUT2D eigenvalue weighted by molar-refractivity contribution is -0.384. The normalized spacial score (nSPS) is 10.8. The van der Waals surface area contributed by atoms with E-state index in [1.54, 1.807) is 36.4 Å². The second kappa shape index (κ2) is 6.88. The molecule has 7 nitrogen and oxygen atoms in total. The van der Waals surface area contributed by atoms with Gasteiger partial charge in [-0.3, -0.25) is 14.9 Å². The van der Waals surface area contributed by atoms with E-state index in [1.807, 2.05) is 5.38 Å². The van der Waals surface area contributed by atoms with E-state index >= 15 is 0 Å². The topological polar surface area (TPSA) is 97.7 Å². The maximum Gasteiger partial charge on any atom is 0.281 e. The number of nitro benzene ring substituents is 1. The second-order valence-corrected chi connectivity index (χ2v) is 5.63. The standard InChI is InChI=1S/C16H11N3O4S/c20-16(15-2-1-9-24-15)18-17-10-13-7-8-14(23-13)11-3-5-12(6-4-11)19(21)22/h1-10H,(H,18,20). The molecule has 1 aromatic carbocycles. The molecule has 0 aliphatic carbocycles. The van der Waals surface area contributed by atoms with Crippen molar-refractivity contribution in [3.05, 3.63) is 74.7 Å². The van der Waals surface area contributed by atoms with Crippen molar-refractivity contribution in [3.63, 3.8) is 0 Å². The molecule has 0 saturated heterocycles. The summed E-state index contributed by atoms with van der Waals surface area (Å²) in [4.78, 5) is 22.5. The van der Waals surface area contributed by atoms with Crippen LogP contribution in [0.15, 0.2) is 63.4 Å². The highest BCUT2D eigenvalue weighted by Gasteiger charge is 2.08. The molecule has 0 unspecified atom stereocenters. The Kier molecular flexibility index (Phi) is 4.48. The van der Waals surface area contributed by atoms with Crippen LogP contribution in [0.4, 0.5) is 5.69 Å². The molecule has 24 heavy (non-hydrogen) atoms. The molecular weight excluding hydrogens is 330 g/mol. The average molecular weight is 341 g/mol. The summed E-state index contributed by atoms with van der Waals surface area (Å²) in [5.74, 6) is 0.717. The zero-order valence-corrected chi connectivity index (χ0v) is 13.0. The molecule has 0 atom stereocenters. The molecule has 2 aromatic heterocycles. The number of nitrogens with one attached hydrogen (secondary N) is 1. The lowest BCUT2D eigenvalue weighted by Gasteiger charge is -1.96. The summed E-state index contributed by atoms with van der Waals surface area (Å²) in [6, 6.07) is 12.9. The van der Waals surface area contributed by atoms with Gasteiger partial charge < -0.3 is 4.42 Å². The van der Waals surface area contributed by atoms with Gasteiger partial charge in [0.15, 0.2) is 0 Å². The van der Waals surface area contributed by atoms with E-state index in [-0.39, 0.29) is 11.6 Å². The molecule has 1 amide bonds. The number of carbonyl (C=O) groups is 1. The van der Waals surface area contributed by atoms with Crippen molar-refractivity contribution in [3.8, 4) is 11.3 Å². The Morgan fingerprint density at radius 1 is 1.21 bits per heavy atom. The van der Waals surface area contributed by atoms with Crippen LogP contribution >= 0.6 is 11.3 Å². The maximum atomic E-state index is 11.7. The third kappa shape index (κ3) is 3.55. The number of rotatable bonds is 5. The Morgan fingerprint density at radius 3 is 2.67 bits per heavy atom. The molecule has 3 rings (SSSR count). The van der Waals surface area contributed by atoms with Crippen LogP contribution in [-0.2, 0) is 0 Å². The average Bonchev–Trinajstić information content (AvgIpc) is 3.27. The van der Waals surface area contributed by atoms with E-state index in [9.17, 15) is 14.9 Å². The Balaban J connectivity index is 1.66. The minimum Gasteiger partial charge on any atom is -0.455 e. The number of furan rings is 1. The Labute approximate surface area is 140 Å². The molecule has 1 N–H and O–H groups in total. The van der Waals surface area contributed by atoms with Crippen LogP contribution in [0.2, 0.25) is 0 Å². The molecule has 0 aliphatic rings. The van der Waals surface area contributed by atoms with Gasteiger partial charge in [-0.25, -0.2) is 5.43 Å². The molecule has 120 valence electrons. The summed E-state index contributed by atoms with van der Waals surface area (Å²) in [6.45, 7) is 0. The van der Waals surface area contributed by atoms with E-state index in [0.717, 1.165) is 0 Å². The quantitative estimate of drug-likeness (QED) is 0.435. The maximum absolute atomic E-state index is 11.7. The largest absolute Gasteiger partial charge is 0.455 e. The van der Waals surface area contributed by atoms with Gasteiger partial charge in [0.2, 0.25) is 0 Å². The molecule has 3 aromatic rings. The number of nitrogens with zero attached hydrogens (tertiary/aromatic N) is 2. The first kappa shape index (κ1) is 15.6. The fraction of sp³-hybridized carbons (Fsp3) is 0. The van der Waals surface area contributed by atoms with Crippen molar-refractivity contribution in [2.24, 2.45) is 5.10 Å². The minimum atomic E-state index is -0.458. The molecule has 2 heterocycles. The van der Waals surface area contributed by atoms with E-state index < -0.39 is 4.92 Å². The van der Waals surface area contributed by atoms with Crippen LogP contribution in [0.1, 0.15) is 15.4 Å². The lowest BCUT2D eigenvalue weighted by Crippen LogP contribution is -2.15. The molecule has 0 saturated carbocycles. The number of hydrazone groups is 1. The summed E-state index contributed by atoms with van der Waals surface area (Å²) >= 11 is 1.32. The zero-order valence-electron chi connectivity index (χ0n) is 12.2. The highest BCUT2D eigenvalue weighted by atomic mass is 32.1. The van der Waals surface area contributed by atoms with Crippen LogP contribution in [-0.4, -0.2) is 17.0 Å². The van der Waals surface area contributed by atoms with Crippen molar-refractivity contribution in [2.45, 2.75) is 0 Å². The first-order valence-electron chi connectivity index (χ1n) is 6.85. The van der Waals surface area contributed by atoms with Crippen molar-refractivity contribution in [1.82, 2.24) is 5.43 Å². The van der Waals surface area contributed by atoms with E-state index in [1.165, 1.54) is 29.7 Å². The molecule has 0 fully saturated rings. The predicted molar refractivity (Wildman–Crippen MR) is 90.2 cm³/mol. The molecule has 0 spiro atoms. The van der Waals surface area contributed by atoms with Crippen LogP contribution in [0.25, 0.3) is 11.3 Å². The van der Waals surface area contributed by atoms with Gasteiger partial charge in [0.05, 0.1) is 16.0 Å². The molecule has 8 heteroatoms. The molecule has 0 bridgehead atoms. The van der Waals surface area contributed by atoms with Crippen molar-refractivity contribution < 1.29 is 14.1 Å². The lowest BCUT2D eigenvalue weighted by atomic mass is 10.1. The van der Waals surface area contributed by atoms with Gasteiger partial charge in [-0.2, -0.15) is 5.10 Å². The van der Waals surface area contributed by atoms with Crippen LogP contribution in [0, 0.1) is 10.1 Å². The highest BCUT2D eigenvalue weighted by Crippen LogP contribution is 2.23. The van der Waals surface area contributed by atoms with Gasteiger partial charge in [0.25, 0.3) is 11.6 Å². The Bertz CT molecular complexity index is 882. The van der Waals surface area contributed by atoms with E-state index in [2.05, 4.69) is 10.5 Å². The number of nitro groups is 1. The second-order valence-electron chi connectivity index (χ2n) is 4.68. The van der Waals surface area contributed by atoms with Gasteiger partial charge in [-0.15, -0.1) is 11.3 Å². The number of thiophene rings is 1. The number of carbonyl (C=O) groups excluding carboxylic acids is 1. The Hall–Kier alpha value is -3.26. The SMILES string of the molecule is O=C(NN=Cc1ccc(-c2ccc([N+](=O)[O-])cc2)o1)c1cccs1. The zero-order chi connectivity index (χ0) is 16.9. The van der Waals surface area contributed by atoms with E-state index in [0.29, 0.717) is 22.0 Å². The number of hydrogen-bond acceptors (Lipinski definition) is 6. The first-order chi connectivity index (χ1) is 11.6. The number of hydrogen-bond donors (Lipinski definition) is 1. The van der Waals surface area contributed by atoms with Crippen LogP contribution < -0.4 is 5.43 Å². The van der Waals surface area contributed by atoms with Crippen molar-refractivity contribution in [2.75, 3.05) is 0 Å². The van der Waals surface area contributed by atoms with E-state index in [4.69, 9.17) is 4.42 Å². The fourth-order valence-corrected chi connectivity index (χ4v) is 2.56. The first-order valence-corrected chi connectivity index (χ1v) is 7.73. The van der Waals surface area contributed by atoms with Crippen molar-refractivity contribution in [1.29, 1.82) is 0 Å². The van der Waals surface area contributed by atoms with Crippen LogP contribution in [0.5, 0.6) is 0 Å². The van der Waals surface area contributed by atoms with Crippen molar-refractivity contribution >= 4 is 29.1 Å². The molecular formula is C16H11N3O4S. The monoisotopic (exact) mass is 341 g/mol. The smallest absolute Gasteiger partial charge is 0.281 e. The molecule has 0 radical (unpaired) electrons. The van der Waals surface area contributed by atoms with Gasteiger partial charge in [0.1, 0.15) is 11.5 Å². The number of non-ortho nitro benzene ring substituents is 1. The molecule has 0 aliphatic heterocycles. The van der Waals surface area contributed by atoms with Gasteiger partial charge in [-0.1, -0.05) is 6.07 Å². The predicted octanol–water partition coefficient (Wildman–Crippen LogP) is 3.68. The third-order valence-electron chi connectivity index (χ3n) is 3.09. The summed E-state index contributed by atoms with van der Waals surface area (Å²) in [5, 5.41) is 16.3. The Morgan fingerprint density at radius 2 is 2.00 bits per heavy atom. The van der Waals surface area contributed by atoms with Gasteiger partial charge in [-0.05, 0) is 35.7 Å². The summed E-state index contributed by atoms with van der Waals surface area (Å²) in [7, 11) is 0. The highest BCUT2D eigenvalue weighted by molar-refractivity contribution is 7.12. The van der Waals surface area contributed by atoms with Gasteiger partial charge >= 0.3 is 0 Å².